The first-order valence-electron chi connectivity index (χ1n) is 6.60. The van der Waals surface area contributed by atoms with Gasteiger partial charge in [-0.25, -0.2) is 4.79 Å². The van der Waals surface area contributed by atoms with Crippen LogP contribution >= 0.6 is 0 Å². The van der Waals surface area contributed by atoms with E-state index in [0.717, 1.165) is 18.4 Å². The van der Waals surface area contributed by atoms with Gasteiger partial charge in [0.2, 0.25) is 5.91 Å². The monoisotopic (exact) mass is 263 g/mol. The molecule has 0 aliphatic carbocycles. The van der Waals surface area contributed by atoms with Crippen LogP contribution in [0.15, 0.2) is 24.3 Å². The molecule has 0 saturated heterocycles. The highest BCUT2D eigenvalue weighted by Gasteiger charge is 2.28. The van der Waals surface area contributed by atoms with Crippen LogP contribution in [0.3, 0.4) is 0 Å². The van der Waals surface area contributed by atoms with Crippen molar-refractivity contribution in [2.24, 2.45) is 0 Å². The van der Waals surface area contributed by atoms with Crippen molar-refractivity contribution in [3.63, 3.8) is 0 Å². The molecule has 0 fully saturated rings. The number of carboxylic acids is 1. The van der Waals surface area contributed by atoms with Gasteiger partial charge >= 0.3 is 5.97 Å². The number of carbonyl (C=O) groups excluding carboxylic acids is 1. The Labute approximate surface area is 114 Å². The van der Waals surface area contributed by atoms with E-state index in [1.807, 2.05) is 26.0 Å². The molecule has 104 valence electrons. The largest absolute Gasteiger partial charge is 0.479 e. The molecule has 1 atom stereocenters. The van der Waals surface area contributed by atoms with Gasteiger partial charge in [0.25, 0.3) is 0 Å². The lowest BCUT2D eigenvalue weighted by atomic mass is 10.0. The zero-order chi connectivity index (χ0) is 14.4. The first kappa shape index (κ1) is 15.2. The van der Waals surface area contributed by atoms with Crippen LogP contribution in [0.2, 0.25) is 0 Å². The molecule has 0 aromatic heterocycles. The molecule has 0 bridgehead atoms. The highest BCUT2D eigenvalue weighted by molar-refractivity contribution is 5.83. The zero-order valence-corrected chi connectivity index (χ0v) is 11.7. The number of carbonyl (C=O) groups is 2. The first-order chi connectivity index (χ1) is 9.01. The molecule has 1 rings (SSSR count). The summed E-state index contributed by atoms with van der Waals surface area (Å²) in [4.78, 5) is 24.5. The van der Waals surface area contributed by atoms with Crippen molar-refractivity contribution in [3.8, 4) is 0 Å². The van der Waals surface area contributed by atoms with Crippen LogP contribution in [-0.4, -0.2) is 28.4 Å². The number of hydrogen-bond acceptors (Lipinski definition) is 2. The summed E-state index contributed by atoms with van der Waals surface area (Å²) in [6.07, 6.45) is 1.64. The predicted octanol–water partition coefficient (Wildman–Crippen LogP) is 2.63. The van der Waals surface area contributed by atoms with Gasteiger partial charge in [-0.2, -0.15) is 0 Å². The molecule has 0 radical (unpaired) electrons. The second-order valence-electron chi connectivity index (χ2n) is 4.55. The lowest BCUT2D eigenvalue weighted by molar-refractivity contribution is -0.149. The number of aliphatic carboxylic acids is 1. The van der Waals surface area contributed by atoms with E-state index in [1.54, 1.807) is 12.1 Å². The quantitative estimate of drug-likeness (QED) is 0.858. The summed E-state index contributed by atoms with van der Waals surface area (Å²) in [5.41, 5.74) is 1.80. The van der Waals surface area contributed by atoms with Crippen LogP contribution in [0.4, 0.5) is 0 Å². The van der Waals surface area contributed by atoms with Crippen molar-refractivity contribution in [1.82, 2.24) is 4.90 Å². The third kappa shape index (κ3) is 3.81. The fraction of sp³-hybridized carbons (Fsp3) is 0.467. The van der Waals surface area contributed by atoms with Crippen LogP contribution < -0.4 is 0 Å². The van der Waals surface area contributed by atoms with E-state index in [1.165, 1.54) is 11.8 Å². The van der Waals surface area contributed by atoms with Gasteiger partial charge in [-0.15, -0.1) is 0 Å². The number of nitrogens with zero attached hydrogens (tertiary/aromatic N) is 1. The van der Waals surface area contributed by atoms with E-state index in [0.29, 0.717) is 12.1 Å². The average Bonchev–Trinajstić information content (AvgIpc) is 2.38. The van der Waals surface area contributed by atoms with Gasteiger partial charge in [0, 0.05) is 13.5 Å². The first-order valence-corrected chi connectivity index (χ1v) is 6.60. The Balaban J connectivity index is 3.10. The van der Waals surface area contributed by atoms with E-state index in [2.05, 4.69) is 0 Å². The highest BCUT2D eigenvalue weighted by Crippen LogP contribution is 2.22. The maximum Gasteiger partial charge on any atom is 0.331 e. The molecule has 19 heavy (non-hydrogen) atoms. The smallest absolute Gasteiger partial charge is 0.331 e. The SMILES string of the molecule is CCCN(C(C)=O)C(C(=O)O)c1ccc(CC)cc1. The lowest BCUT2D eigenvalue weighted by Gasteiger charge is -2.28. The molecule has 1 unspecified atom stereocenters. The van der Waals surface area contributed by atoms with Crippen molar-refractivity contribution in [2.75, 3.05) is 6.54 Å². The molecule has 0 aliphatic rings. The predicted molar refractivity (Wildman–Crippen MR) is 73.9 cm³/mol. The van der Waals surface area contributed by atoms with E-state index in [-0.39, 0.29) is 5.91 Å². The van der Waals surface area contributed by atoms with Crippen molar-refractivity contribution in [2.45, 2.75) is 39.7 Å². The third-order valence-corrected chi connectivity index (χ3v) is 3.12. The molecule has 1 amide bonds. The van der Waals surface area contributed by atoms with E-state index < -0.39 is 12.0 Å². The normalized spacial score (nSPS) is 11.9. The van der Waals surface area contributed by atoms with E-state index in [9.17, 15) is 14.7 Å². The van der Waals surface area contributed by atoms with Gasteiger partial charge in [-0.05, 0) is 24.0 Å². The van der Waals surface area contributed by atoms with Crippen LogP contribution in [0, 0.1) is 0 Å². The molecule has 0 aliphatic heterocycles. The summed E-state index contributed by atoms with van der Waals surface area (Å²) >= 11 is 0. The minimum atomic E-state index is -0.993. The van der Waals surface area contributed by atoms with Gasteiger partial charge < -0.3 is 10.0 Å². The summed E-state index contributed by atoms with van der Waals surface area (Å²) in [5.74, 6) is -1.21. The maximum absolute atomic E-state index is 11.6. The van der Waals surface area contributed by atoms with Crippen molar-refractivity contribution in [3.05, 3.63) is 35.4 Å². The van der Waals surface area contributed by atoms with Crippen LogP contribution in [0.5, 0.6) is 0 Å². The topological polar surface area (TPSA) is 57.6 Å². The average molecular weight is 263 g/mol. The number of carboxylic acid groups (broad SMARTS) is 1. The second-order valence-corrected chi connectivity index (χ2v) is 4.55. The number of hydrogen-bond donors (Lipinski definition) is 1. The van der Waals surface area contributed by atoms with Crippen LogP contribution in [0.25, 0.3) is 0 Å². The second kappa shape index (κ2) is 6.92. The molecular formula is C15H21NO3. The standard InChI is InChI=1S/C15H21NO3/c1-4-10-16(11(3)17)14(15(18)19)13-8-6-12(5-2)7-9-13/h6-9,14H,4-5,10H2,1-3H3,(H,18,19). The van der Waals surface area contributed by atoms with Crippen LogP contribution in [-0.2, 0) is 16.0 Å². The summed E-state index contributed by atoms with van der Waals surface area (Å²) in [6, 6.07) is 6.51. The molecular weight excluding hydrogens is 242 g/mol. The number of benzene rings is 1. The summed E-state index contributed by atoms with van der Waals surface area (Å²) in [6.45, 7) is 5.82. The Bertz CT molecular complexity index is 439. The molecule has 1 aromatic carbocycles. The number of amides is 1. The molecule has 1 aromatic rings. The molecule has 4 nitrogen and oxygen atoms in total. The van der Waals surface area contributed by atoms with Gasteiger partial charge in [-0.3, -0.25) is 4.79 Å². The van der Waals surface area contributed by atoms with Crippen molar-refractivity contribution in [1.29, 1.82) is 0 Å². The van der Waals surface area contributed by atoms with E-state index >= 15 is 0 Å². The van der Waals surface area contributed by atoms with Gasteiger partial charge in [-0.1, -0.05) is 38.1 Å². The molecule has 0 saturated carbocycles. The molecule has 1 N–H and O–H groups in total. The minimum absolute atomic E-state index is 0.214. The van der Waals surface area contributed by atoms with Crippen LogP contribution in [0.1, 0.15) is 44.4 Å². The van der Waals surface area contributed by atoms with Gasteiger partial charge in [0.15, 0.2) is 6.04 Å². The Kier molecular flexibility index (Phi) is 5.55. The summed E-state index contributed by atoms with van der Waals surface area (Å²) in [5, 5.41) is 9.41. The van der Waals surface area contributed by atoms with Crippen molar-refractivity contribution < 1.29 is 14.7 Å². The van der Waals surface area contributed by atoms with Gasteiger partial charge in [0.1, 0.15) is 0 Å². The summed E-state index contributed by atoms with van der Waals surface area (Å²) < 4.78 is 0. The fourth-order valence-electron chi connectivity index (χ4n) is 2.10. The third-order valence-electron chi connectivity index (χ3n) is 3.12. The van der Waals surface area contributed by atoms with Gasteiger partial charge in [0.05, 0.1) is 0 Å². The zero-order valence-electron chi connectivity index (χ0n) is 11.7. The number of aryl methyl sites for hydroxylation is 1. The Morgan fingerprint density at radius 1 is 1.21 bits per heavy atom. The summed E-state index contributed by atoms with van der Waals surface area (Å²) in [7, 11) is 0. The molecule has 0 heterocycles. The lowest BCUT2D eigenvalue weighted by Crippen LogP contribution is -2.38. The van der Waals surface area contributed by atoms with E-state index in [4.69, 9.17) is 0 Å². The Morgan fingerprint density at radius 3 is 2.16 bits per heavy atom. The minimum Gasteiger partial charge on any atom is -0.479 e. The fourth-order valence-corrected chi connectivity index (χ4v) is 2.10. The highest BCUT2D eigenvalue weighted by atomic mass is 16.4. The molecule has 4 heteroatoms. The maximum atomic E-state index is 11.6. The number of rotatable bonds is 6. The molecule has 0 spiro atoms. The Hall–Kier alpha value is -1.84. The Morgan fingerprint density at radius 2 is 1.79 bits per heavy atom. The van der Waals surface area contributed by atoms with Crippen molar-refractivity contribution >= 4 is 11.9 Å².